The summed E-state index contributed by atoms with van der Waals surface area (Å²) in [6.07, 6.45) is 10.0. The summed E-state index contributed by atoms with van der Waals surface area (Å²) in [7, 11) is 1.77. The lowest BCUT2D eigenvalue weighted by atomic mass is 10.0. The van der Waals surface area contributed by atoms with Crippen LogP contribution in [0, 0.1) is 17.8 Å². The molecule has 0 aromatic carbocycles. The Balaban J connectivity index is 4.50. The molecule has 0 aliphatic heterocycles. The number of amides is 5. The fourth-order valence-corrected chi connectivity index (χ4v) is 4.79. The monoisotopic (exact) mass is 639 g/mol. The summed E-state index contributed by atoms with van der Waals surface area (Å²) in [4.78, 5) is 62.2. The third-order valence-corrected chi connectivity index (χ3v) is 8.44. The van der Waals surface area contributed by atoms with Crippen molar-refractivity contribution in [1.82, 2.24) is 31.9 Å². The summed E-state index contributed by atoms with van der Waals surface area (Å²) in [5.41, 5.74) is 0. The first kappa shape index (κ1) is 42.3. The zero-order valence-electron chi connectivity index (χ0n) is 29.4. The van der Waals surface area contributed by atoms with E-state index in [9.17, 15) is 24.0 Å². The van der Waals surface area contributed by atoms with Gasteiger partial charge >= 0.3 is 0 Å². The van der Waals surface area contributed by atoms with Gasteiger partial charge in [-0.15, -0.1) is 0 Å². The number of likely N-dealkylation sites (N-methyl/N-ethyl adjacent to an activating group) is 1. The molecule has 0 fully saturated rings. The van der Waals surface area contributed by atoms with Gasteiger partial charge in [0, 0.05) is 43.9 Å². The van der Waals surface area contributed by atoms with Crippen LogP contribution in [-0.4, -0.2) is 74.8 Å². The number of carbonyl (C=O) groups is 5. The van der Waals surface area contributed by atoms with E-state index in [-0.39, 0.29) is 53.3 Å². The fourth-order valence-electron chi connectivity index (χ4n) is 4.79. The Morgan fingerprint density at radius 1 is 0.467 bits per heavy atom. The van der Waals surface area contributed by atoms with Crippen LogP contribution in [0.15, 0.2) is 0 Å². The largest absolute Gasteiger partial charge is 0.356 e. The summed E-state index contributed by atoms with van der Waals surface area (Å²) in [6, 6.07) is -0.800. The number of unbranched alkanes of at least 4 members (excludes halogenated alkanes) is 4. The second-order valence-electron chi connectivity index (χ2n) is 12.4. The van der Waals surface area contributed by atoms with Crippen molar-refractivity contribution in [2.75, 3.05) is 33.2 Å². The molecule has 6 N–H and O–H groups in total. The maximum atomic E-state index is 12.9. The van der Waals surface area contributed by atoms with E-state index in [2.05, 4.69) is 38.8 Å². The van der Waals surface area contributed by atoms with Gasteiger partial charge in [0.05, 0.1) is 6.04 Å². The van der Waals surface area contributed by atoms with Crippen molar-refractivity contribution >= 4 is 29.5 Å². The average Bonchev–Trinajstić information content (AvgIpc) is 3.03. The van der Waals surface area contributed by atoms with Crippen molar-refractivity contribution in [2.24, 2.45) is 17.8 Å². The number of hydrogen-bond acceptors (Lipinski definition) is 6. The molecule has 0 saturated carbocycles. The minimum atomic E-state index is -0.612. The Bertz CT molecular complexity index is 851. The highest BCUT2D eigenvalue weighted by molar-refractivity contribution is 5.88. The van der Waals surface area contributed by atoms with Crippen molar-refractivity contribution in [1.29, 1.82) is 0 Å². The molecule has 45 heavy (non-hydrogen) atoms. The zero-order valence-corrected chi connectivity index (χ0v) is 29.4. The molecule has 0 aromatic heterocycles. The number of carbonyl (C=O) groups excluding carboxylic acids is 5. The number of nitrogens with one attached hydrogen (secondary N) is 6. The van der Waals surface area contributed by atoms with Crippen LogP contribution in [0.2, 0.25) is 0 Å². The van der Waals surface area contributed by atoms with Crippen molar-refractivity contribution in [3.8, 4) is 0 Å². The van der Waals surface area contributed by atoms with E-state index in [0.717, 1.165) is 57.8 Å². The van der Waals surface area contributed by atoms with Crippen LogP contribution in [0.4, 0.5) is 0 Å². The molecule has 0 unspecified atom stereocenters. The minimum absolute atomic E-state index is 0.00698. The second kappa shape index (κ2) is 26.5. The molecule has 0 spiro atoms. The van der Waals surface area contributed by atoms with E-state index in [1.54, 1.807) is 7.05 Å². The van der Waals surface area contributed by atoms with Gasteiger partial charge in [0.25, 0.3) is 0 Å². The second-order valence-corrected chi connectivity index (χ2v) is 12.4. The molecule has 0 aliphatic carbocycles. The zero-order chi connectivity index (χ0) is 34.0. The van der Waals surface area contributed by atoms with Crippen molar-refractivity contribution in [3.05, 3.63) is 0 Å². The van der Waals surface area contributed by atoms with E-state index in [1.165, 1.54) is 0 Å². The van der Waals surface area contributed by atoms with Crippen LogP contribution in [0.3, 0.4) is 0 Å². The first-order valence-corrected chi connectivity index (χ1v) is 17.6. The molecular formula is C34H66N6O5. The predicted molar refractivity (Wildman–Crippen MR) is 181 cm³/mol. The highest BCUT2D eigenvalue weighted by Gasteiger charge is 2.23. The maximum Gasteiger partial charge on any atom is 0.242 e. The molecule has 0 bridgehead atoms. The smallest absolute Gasteiger partial charge is 0.242 e. The Morgan fingerprint density at radius 3 is 1.36 bits per heavy atom. The van der Waals surface area contributed by atoms with Gasteiger partial charge < -0.3 is 31.9 Å². The number of hydrogen-bond donors (Lipinski definition) is 6. The van der Waals surface area contributed by atoms with Gasteiger partial charge in [-0.2, -0.15) is 0 Å². The molecule has 0 aliphatic rings. The van der Waals surface area contributed by atoms with Gasteiger partial charge in [-0.3, -0.25) is 24.0 Å². The standard InChI is InChI=1S/C34H66N6O5/c1-8-11-21-38-34(45)29(40-32(43)27(6)19-13-16-24-39-33(44)28(10-3)35-7)20-14-17-23-37-31(42)26(5)18-12-15-22-36-30(41)25(4)9-2/h25-29,35H,8-24H2,1-7H3,(H,36,41)(H,37,42)(H,38,45)(H,39,44)(H,40,43)/t25-,26+,27+,28-,29-/m1/s1. The first-order valence-electron chi connectivity index (χ1n) is 17.6. The molecule has 0 rings (SSSR count). The molecular weight excluding hydrogens is 572 g/mol. The Hall–Kier alpha value is -2.69. The Morgan fingerprint density at radius 2 is 0.889 bits per heavy atom. The molecule has 0 radical (unpaired) electrons. The third-order valence-electron chi connectivity index (χ3n) is 8.44. The highest BCUT2D eigenvalue weighted by atomic mass is 16.2. The van der Waals surface area contributed by atoms with Gasteiger partial charge in [0.1, 0.15) is 6.04 Å². The maximum absolute atomic E-state index is 12.9. The molecule has 262 valence electrons. The normalized spacial score (nSPS) is 14.4. The molecule has 0 aromatic rings. The van der Waals surface area contributed by atoms with Crippen molar-refractivity contribution < 1.29 is 24.0 Å². The van der Waals surface area contributed by atoms with Gasteiger partial charge in [-0.1, -0.05) is 60.8 Å². The highest BCUT2D eigenvalue weighted by Crippen LogP contribution is 2.11. The Kier molecular flexibility index (Phi) is 24.9. The van der Waals surface area contributed by atoms with Gasteiger partial charge in [0.2, 0.25) is 29.5 Å². The molecule has 11 heteroatoms. The summed E-state index contributed by atoms with van der Waals surface area (Å²) in [6.45, 7) is 14.0. The molecule has 0 saturated heterocycles. The van der Waals surface area contributed by atoms with Crippen LogP contribution in [0.25, 0.3) is 0 Å². The molecule has 5 amide bonds. The SMILES string of the molecule is CCCCNC(=O)[C@@H](CCCCNC(=O)[C@@H](C)CCCCNC(=O)[C@H](C)CC)NC(=O)[C@@H](C)CCCCNC(=O)[C@@H](CC)NC. The van der Waals surface area contributed by atoms with E-state index in [4.69, 9.17) is 0 Å². The van der Waals surface area contributed by atoms with E-state index in [0.29, 0.717) is 51.9 Å². The third kappa shape index (κ3) is 20.1. The quantitative estimate of drug-likeness (QED) is 0.0756. The summed E-state index contributed by atoms with van der Waals surface area (Å²) in [5, 5.41) is 17.8. The van der Waals surface area contributed by atoms with E-state index >= 15 is 0 Å². The first-order chi connectivity index (χ1) is 21.5. The van der Waals surface area contributed by atoms with E-state index in [1.807, 2.05) is 34.6 Å². The molecule has 0 heterocycles. The number of rotatable bonds is 27. The summed E-state index contributed by atoms with van der Waals surface area (Å²) in [5.74, 6) is -0.538. The lowest BCUT2D eigenvalue weighted by Crippen LogP contribution is -2.48. The summed E-state index contributed by atoms with van der Waals surface area (Å²) >= 11 is 0. The van der Waals surface area contributed by atoms with Crippen LogP contribution < -0.4 is 31.9 Å². The topological polar surface area (TPSA) is 158 Å². The predicted octanol–water partition coefficient (Wildman–Crippen LogP) is 3.56. The minimum Gasteiger partial charge on any atom is -0.356 e. The van der Waals surface area contributed by atoms with Crippen molar-refractivity contribution in [2.45, 2.75) is 137 Å². The van der Waals surface area contributed by atoms with Gasteiger partial charge in [-0.05, 0) is 71.3 Å². The average molecular weight is 639 g/mol. The lowest BCUT2D eigenvalue weighted by Gasteiger charge is -2.21. The Labute approximate surface area is 273 Å². The van der Waals surface area contributed by atoms with E-state index < -0.39 is 6.04 Å². The lowest BCUT2D eigenvalue weighted by molar-refractivity contribution is -0.131. The molecule has 5 atom stereocenters. The van der Waals surface area contributed by atoms with Gasteiger partial charge in [-0.25, -0.2) is 0 Å². The van der Waals surface area contributed by atoms with Crippen LogP contribution in [0.5, 0.6) is 0 Å². The molecule has 11 nitrogen and oxygen atoms in total. The van der Waals surface area contributed by atoms with Crippen LogP contribution in [0.1, 0.15) is 125 Å². The van der Waals surface area contributed by atoms with Gasteiger partial charge in [0.15, 0.2) is 0 Å². The summed E-state index contributed by atoms with van der Waals surface area (Å²) < 4.78 is 0. The van der Waals surface area contributed by atoms with Crippen LogP contribution >= 0.6 is 0 Å². The fraction of sp³-hybridized carbons (Fsp3) is 0.853. The van der Waals surface area contributed by atoms with Crippen LogP contribution in [-0.2, 0) is 24.0 Å². The van der Waals surface area contributed by atoms with Crippen molar-refractivity contribution in [3.63, 3.8) is 0 Å².